The summed E-state index contributed by atoms with van der Waals surface area (Å²) in [6.07, 6.45) is 8.24. The number of ketones is 1. The number of amides is 1. The highest BCUT2D eigenvalue weighted by Crippen LogP contribution is 2.34. The average molecular weight is 607 g/mol. The van der Waals surface area contributed by atoms with Crippen LogP contribution in [0.4, 0.5) is 10.2 Å². The van der Waals surface area contributed by atoms with E-state index in [9.17, 15) is 14.0 Å². The molecule has 236 valence electrons. The molecule has 3 aromatic rings. The number of H-pyrrole nitrogens is 1. The van der Waals surface area contributed by atoms with E-state index in [0.29, 0.717) is 31.1 Å². The van der Waals surface area contributed by atoms with Crippen molar-refractivity contribution in [2.45, 2.75) is 46.6 Å². The first kappa shape index (κ1) is 33.9. The number of methoxy groups -OCH3 is 1. The molecule has 0 bridgehead atoms. The Morgan fingerprint density at radius 3 is 2.68 bits per heavy atom. The number of anilines is 1. The number of fused-ring (bicyclic) bond motifs is 1. The third kappa shape index (κ3) is 8.25. The van der Waals surface area contributed by atoms with Crippen LogP contribution in [-0.4, -0.2) is 64.7 Å². The van der Waals surface area contributed by atoms with Crippen molar-refractivity contribution in [3.05, 3.63) is 89.3 Å². The van der Waals surface area contributed by atoms with Crippen LogP contribution in [0.25, 0.3) is 10.9 Å². The number of allylic oxidation sites excluding steroid dienone is 6. The van der Waals surface area contributed by atoms with Crippen LogP contribution < -0.4 is 16.2 Å². The molecule has 0 radical (unpaired) electrons. The van der Waals surface area contributed by atoms with Crippen molar-refractivity contribution in [3.63, 3.8) is 0 Å². The summed E-state index contributed by atoms with van der Waals surface area (Å²) < 4.78 is 26.6. The first-order chi connectivity index (χ1) is 21.0. The van der Waals surface area contributed by atoms with Gasteiger partial charge in [0.25, 0.3) is 0 Å². The molecule has 0 saturated heterocycles. The van der Waals surface area contributed by atoms with Crippen LogP contribution >= 0.6 is 0 Å². The Morgan fingerprint density at radius 2 is 2.02 bits per heavy atom. The summed E-state index contributed by atoms with van der Waals surface area (Å²) in [5, 5.41) is 5.14. The van der Waals surface area contributed by atoms with Crippen LogP contribution in [0.2, 0.25) is 0 Å². The van der Waals surface area contributed by atoms with Crippen LogP contribution in [0.3, 0.4) is 0 Å². The third-order valence-electron chi connectivity index (χ3n) is 7.46. The van der Waals surface area contributed by atoms with Gasteiger partial charge in [0.15, 0.2) is 5.83 Å². The molecule has 11 heteroatoms. The second-order valence-electron chi connectivity index (χ2n) is 10.5. The maximum atomic E-state index is 13.9. The van der Waals surface area contributed by atoms with E-state index in [0.717, 1.165) is 28.5 Å². The first-order valence-corrected chi connectivity index (χ1v) is 14.5. The van der Waals surface area contributed by atoms with Crippen molar-refractivity contribution in [2.24, 2.45) is 5.73 Å². The number of hydrogen-bond donors (Lipinski definition) is 3. The average Bonchev–Trinajstić information content (AvgIpc) is 3.61. The van der Waals surface area contributed by atoms with Crippen LogP contribution in [-0.2, 0) is 16.1 Å². The van der Waals surface area contributed by atoms with Gasteiger partial charge in [-0.25, -0.2) is 9.07 Å². The molecule has 0 aliphatic carbocycles. The number of nitrogens with one attached hydrogen (secondary N) is 1. The number of likely N-dealkylation sites (N-methyl/N-ethyl adjacent to an activating group) is 1. The van der Waals surface area contributed by atoms with Gasteiger partial charge in [0, 0.05) is 24.0 Å². The van der Waals surface area contributed by atoms with Gasteiger partial charge in [-0.15, -0.1) is 0 Å². The smallest absolute Gasteiger partial charge is 0.236 e. The lowest BCUT2D eigenvalue weighted by molar-refractivity contribution is -0.129. The molecule has 1 atom stereocenters. The summed E-state index contributed by atoms with van der Waals surface area (Å²) in [5.41, 5.74) is 15.2. The Morgan fingerprint density at radius 1 is 1.27 bits per heavy atom. The molecule has 0 fully saturated rings. The molecule has 0 aliphatic rings. The van der Waals surface area contributed by atoms with Crippen LogP contribution in [0, 0.1) is 0 Å². The summed E-state index contributed by atoms with van der Waals surface area (Å²) in [4.78, 5) is 30.5. The number of aromatic nitrogens is 3. The van der Waals surface area contributed by atoms with Gasteiger partial charge in [0.05, 0.1) is 37.7 Å². The van der Waals surface area contributed by atoms with Gasteiger partial charge in [-0.1, -0.05) is 31.2 Å². The number of nitrogens with zero attached hydrogens (tertiary/aromatic N) is 3. The zero-order chi connectivity index (χ0) is 32.4. The van der Waals surface area contributed by atoms with E-state index in [-0.39, 0.29) is 47.9 Å². The number of nitrogen functional groups attached to an aromatic ring is 1. The molecule has 2 aromatic heterocycles. The number of carbonyl (C=O) groups excluding carboxylic acids is 2. The van der Waals surface area contributed by atoms with E-state index in [1.54, 1.807) is 31.1 Å². The molecule has 44 heavy (non-hydrogen) atoms. The lowest BCUT2D eigenvalue weighted by Gasteiger charge is -2.23. The van der Waals surface area contributed by atoms with Crippen molar-refractivity contribution in [3.8, 4) is 5.75 Å². The topological polar surface area (TPSA) is 141 Å². The number of ether oxygens (including phenoxy) is 2. The lowest BCUT2D eigenvalue weighted by atomic mass is 9.95. The van der Waals surface area contributed by atoms with Gasteiger partial charge in [-0.05, 0) is 69.0 Å². The Bertz CT molecular complexity index is 1580. The molecule has 1 unspecified atom stereocenters. The van der Waals surface area contributed by atoms with E-state index in [2.05, 4.69) is 23.6 Å². The minimum Gasteiger partial charge on any atom is -0.496 e. The zero-order valence-corrected chi connectivity index (χ0v) is 26.2. The normalized spacial score (nSPS) is 13.2. The van der Waals surface area contributed by atoms with Gasteiger partial charge < -0.3 is 30.8 Å². The van der Waals surface area contributed by atoms with Crippen molar-refractivity contribution in [2.75, 3.05) is 39.1 Å². The fourth-order valence-corrected chi connectivity index (χ4v) is 4.74. The molecule has 5 N–H and O–H groups in total. The van der Waals surface area contributed by atoms with Gasteiger partial charge in [-0.2, -0.15) is 5.10 Å². The predicted octanol–water partition coefficient (Wildman–Crippen LogP) is 5.39. The van der Waals surface area contributed by atoms with Gasteiger partial charge in [0.1, 0.15) is 23.9 Å². The number of rotatable bonds is 16. The Kier molecular flexibility index (Phi) is 12.1. The number of halogens is 1. The van der Waals surface area contributed by atoms with Gasteiger partial charge in [-0.3, -0.25) is 9.59 Å². The molecule has 1 amide bonds. The maximum absolute atomic E-state index is 13.9. The monoisotopic (exact) mass is 606 g/mol. The quantitative estimate of drug-likeness (QED) is 0.0859. The third-order valence-corrected chi connectivity index (χ3v) is 7.46. The predicted molar refractivity (Wildman–Crippen MR) is 172 cm³/mol. The lowest BCUT2D eigenvalue weighted by Crippen LogP contribution is -2.36. The summed E-state index contributed by atoms with van der Waals surface area (Å²) in [5.74, 6) is 0.347. The largest absolute Gasteiger partial charge is 0.496 e. The first-order valence-electron chi connectivity index (χ1n) is 14.5. The highest BCUT2D eigenvalue weighted by molar-refractivity contribution is 6.12. The fraction of sp³-hybridized carbons (Fsp3) is 0.364. The Labute approximate surface area is 257 Å². The highest BCUT2D eigenvalue weighted by Gasteiger charge is 2.21. The molecule has 2 heterocycles. The second-order valence-corrected chi connectivity index (χ2v) is 10.5. The SMILES string of the molecule is C=C/C=C\C(F)=C(/C)OC/C=C(/C)Cn1ncc(C(=O)c2cc3cc(OC)c(C(C)CCN(CC)C(=O)CN)cc3[nH]2)c1N. The van der Waals surface area contributed by atoms with Gasteiger partial charge >= 0.3 is 0 Å². The van der Waals surface area contributed by atoms with Crippen LogP contribution in [0.5, 0.6) is 5.75 Å². The number of aromatic amines is 1. The van der Waals surface area contributed by atoms with E-state index in [4.69, 9.17) is 20.9 Å². The standard InChI is InChI=1S/C33H43FN6O4/c1-7-9-10-27(34)23(5)44-14-12-21(3)20-40-33(36)26(19-37-40)32(42)29-15-24-16-30(43-6)25(17-28(24)38-29)22(4)11-13-39(8-2)31(41)18-35/h7,9-10,12,15-17,19,22,38H,1,8,11,13-14,18,20,35-36H2,2-6H3/b10-9-,21-12-,27-23-. The molecular formula is C33H43FN6O4. The number of nitrogens with two attached hydrogens (primary N) is 2. The molecule has 0 saturated carbocycles. The fourth-order valence-electron chi connectivity index (χ4n) is 4.74. The van der Waals surface area contributed by atoms with Crippen LogP contribution in [0.15, 0.2) is 72.4 Å². The summed E-state index contributed by atoms with van der Waals surface area (Å²) in [6, 6.07) is 5.66. The minimum atomic E-state index is -0.476. The number of benzene rings is 1. The van der Waals surface area contributed by atoms with E-state index in [1.807, 2.05) is 26.0 Å². The van der Waals surface area contributed by atoms with Crippen molar-refractivity contribution in [1.29, 1.82) is 0 Å². The zero-order valence-electron chi connectivity index (χ0n) is 26.2. The van der Waals surface area contributed by atoms with Gasteiger partial charge in [0.2, 0.25) is 11.7 Å². The second kappa shape index (κ2) is 15.7. The van der Waals surface area contributed by atoms with Crippen molar-refractivity contribution < 1.29 is 23.5 Å². The summed E-state index contributed by atoms with van der Waals surface area (Å²) >= 11 is 0. The van der Waals surface area contributed by atoms with E-state index in [1.165, 1.54) is 29.1 Å². The number of hydrogen-bond acceptors (Lipinski definition) is 7. The van der Waals surface area contributed by atoms with Crippen molar-refractivity contribution in [1.82, 2.24) is 19.7 Å². The minimum absolute atomic E-state index is 0.0135. The maximum Gasteiger partial charge on any atom is 0.236 e. The van der Waals surface area contributed by atoms with Crippen molar-refractivity contribution >= 4 is 28.4 Å². The summed E-state index contributed by atoms with van der Waals surface area (Å²) in [7, 11) is 1.61. The highest BCUT2D eigenvalue weighted by atomic mass is 19.1. The molecule has 1 aromatic carbocycles. The summed E-state index contributed by atoms with van der Waals surface area (Å²) in [6.45, 7) is 12.6. The van der Waals surface area contributed by atoms with Crippen LogP contribution in [0.1, 0.15) is 61.6 Å². The molecule has 3 rings (SSSR count). The number of carbonyl (C=O) groups is 2. The molecule has 10 nitrogen and oxygen atoms in total. The van der Waals surface area contributed by atoms with E-state index < -0.39 is 5.83 Å². The molecule has 0 spiro atoms. The van der Waals surface area contributed by atoms with E-state index >= 15 is 0 Å². The molecular weight excluding hydrogens is 563 g/mol. The Hall–Kier alpha value is -4.64. The molecule has 0 aliphatic heterocycles. The Balaban J connectivity index is 1.75.